The average molecular weight is 397 g/mol. The van der Waals surface area contributed by atoms with Gasteiger partial charge in [-0.25, -0.2) is 0 Å². The predicted molar refractivity (Wildman–Crippen MR) is 73.0 cm³/mol. The first-order valence-electron chi connectivity index (χ1n) is 6.67. The van der Waals surface area contributed by atoms with Crippen molar-refractivity contribution in [3.63, 3.8) is 0 Å². The SMILES string of the molecule is Cc1[c-]oc(=O)c(C(=O)/C=C/C2[CH]CCCC2)c1C.[La]. The molecule has 0 aromatic carbocycles. The van der Waals surface area contributed by atoms with Crippen LogP contribution in [-0.2, 0) is 0 Å². The molecule has 0 bridgehead atoms. The van der Waals surface area contributed by atoms with Crippen molar-refractivity contribution >= 4 is 5.78 Å². The van der Waals surface area contributed by atoms with Gasteiger partial charge in [0, 0.05) is 41.9 Å². The number of ketones is 1. The van der Waals surface area contributed by atoms with Crippen molar-refractivity contribution in [2.75, 3.05) is 0 Å². The largest absolute Gasteiger partial charge is 0.552 e. The molecule has 4 heteroatoms. The van der Waals surface area contributed by atoms with Crippen LogP contribution in [0.1, 0.15) is 47.2 Å². The van der Waals surface area contributed by atoms with E-state index < -0.39 is 5.63 Å². The van der Waals surface area contributed by atoms with Gasteiger partial charge in [-0.2, -0.15) is 0 Å². The van der Waals surface area contributed by atoms with E-state index in [0.717, 1.165) is 12.8 Å². The van der Waals surface area contributed by atoms with E-state index in [1.165, 1.54) is 18.9 Å². The van der Waals surface area contributed by atoms with Gasteiger partial charge < -0.3 is 9.21 Å². The van der Waals surface area contributed by atoms with Gasteiger partial charge >= 0.3 is 0 Å². The maximum atomic E-state index is 12.1. The second-order valence-corrected chi connectivity index (χ2v) is 5.02. The number of rotatable bonds is 3. The van der Waals surface area contributed by atoms with Gasteiger partial charge in [0.25, 0.3) is 0 Å². The molecule has 1 aliphatic rings. The van der Waals surface area contributed by atoms with E-state index in [9.17, 15) is 9.59 Å². The van der Waals surface area contributed by atoms with Crippen molar-refractivity contribution in [3.05, 3.63) is 51.9 Å². The van der Waals surface area contributed by atoms with Crippen molar-refractivity contribution in [1.29, 1.82) is 0 Å². The van der Waals surface area contributed by atoms with Gasteiger partial charge in [0.2, 0.25) is 5.63 Å². The minimum atomic E-state index is -0.606. The van der Waals surface area contributed by atoms with Crippen molar-refractivity contribution in [1.82, 2.24) is 0 Å². The van der Waals surface area contributed by atoms with Crippen LogP contribution in [0.2, 0.25) is 0 Å². The van der Waals surface area contributed by atoms with Crippen LogP contribution in [0.5, 0.6) is 0 Å². The van der Waals surface area contributed by atoms with Crippen LogP contribution in [0.25, 0.3) is 0 Å². The maximum absolute atomic E-state index is 12.1. The molecule has 2 radical (unpaired) electrons. The molecule has 0 amide bonds. The van der Waals surface area contributed by atoms with E-state index in [1.807, 2.05) is 6.08 Å². The molecule has 1 atom stereocenters. The third-order valence-corrected chi connectivity index (χ3v) is 3.64. The molecule has 1 aliphatic carbocycles. The average Bonchev–Trinajstić information content (AvgIpc) is 2.42. The summed E-state index contributed by atoms with van der Waals surface area (Å²) in [5.41, 5.74) is 0.868. The first-order valence-corrected chi connectivity index (χ1v) is 6.67. The van der Waals surface area contributed by atoms with Crippen molar-refractivity contribution in [3.8, 4) is 0 Å². The van der Waals surface area contributed by atoms with Crippen LogP contribution >= 0.6 is 0 Å². The third kappa shape index (κ3) is 4.27. The smallest absolute Gasteiger partial charge is 0.228 e. The second-order valence-electron chi connectivity index (χ2n) is 5.02. The Hall–Kier alpha value is -0.445. The van der Waals surface area contributed by atoms with Gasteiger partial charge in [-0.3, -0.25) is 4.79 Å². The minimum Gasteiger partial charge on any atom is -0.552 e. The van der Waals surface area contributed by atoms with Crippen molar-refractivity contribution < 1.29 is 44.8 Å². The molecular weight excluding hydrogens is 379 g/mol. The molecule has 1 unspecified atom stereocenters. The molecule has 20 heavy (non-hydrogen) atoms. The normalized spacial score (nSPS) is 16.1. The summed E-state index contributed by atoms with van der Waals surface area (Å²) >= 11 is 0. The summed E-state index contributed by atoms with van der Waals surface area (Å²) < 4.78 is 4.74. The molecule has 2 rings (SSSR count). The molecule has 0 N–H and O–H groups in total. The Bertz CT molecular complexity index is 551. The van der Waals surface area contributed by atoms with E-state index in [4.69, 9.17) is 4.42 Å². The molecular formula is C16H18LaO3-. The predicted octanol–water partition coefficient (Wildman–Crippen LogP) is 3.19. The molecule has 3 nitrogen and oxygen atoms in total. The Morgan fingerprint density at radius 2 is 2.15 bits per heavy atom. The van der Waals surface area contributed by atoms with Gasteiger partial charge in [0.15, 0.2) is 5.78 Å². The summed E-state index contributed by atoms with van der Waals surface area (Å²) in [5, 5.41) is 0. The summed E-state index contributed by atoms with van der Waals surface area (Å²) in [6.07, 6.45) is 12.7. The number of aryl methyl sites for hydroxylation is 1. The zero-order valence-electron chi connectivity index (χ0n) is 11.9. The standard InChI is InChI=1S/C16H18O3.La/c1-11-10-19-16(18)15(12(11)2)14(17)9-8-13-6-4-3-5-7-13;/h6,8-9,13H,3-5,7H2,1-2H3;/q-1;/b9-8+;. The number of allylic oxidation sites excluding steroid dienone is 2. The van der Waals surface area contributed by atoms with E-state index in [1.54, 1.807) is 13.8 Å². The molecule has 1 saturated carbocycles. The molecule has 0 spiro atoms. The van der Waals surface area contributed by atoms with Crippen molar-refractivity contribution in [2.24, 2.45) is 5.92 Å². The van der Waals surface area contributed by atoms with E-state index in [2.05, 4.69) is 12.7 Å². The summed E-state index contributed by atoms with van der Waals surface area (Å²) in [4.78, 5) is 23.7. The van der Waals surface area contributed by atoms with Crippen LogP contribution in [0.3, 0.4) is 0 Å². The Morgan fingerprint density at radius 3 is 2.80 bits per heavy atom. The monoisotopic (exact) mass is 397 g/mol. The fourth-order valence-corrected chi connectivity index (χ4v) is 2.32. The fourth-order valence-electron chi connectivity index (χ4n) is 2.32. The first-order chi connectivity index (χ1) is 9.09. The Morgan fingerprint density at radius 1 is 1.40 bits per heavy atom. The van der Waals surface area contributed by atoms with Gasteiger partial charge in [-0.05, 0) is 36.8 Å². The zero-order valence-corrected chi connectivity index (χ0v) is 15.6. The summed E-state index contributed by atoms with van der Waals surface area (Å²) in [7, 11) is 0. The fraction of sp³-hybridized carbons (Fsp3) is 0.438. The van der Waals surface area contributed by atoms with Crippen molar-refractivity contribution in [2.45, 2.75) is 39.5 Å². The summed E-state index contributed by atoms with van der Waals surface area (Å²) in [6, 6.07) is 0. The van der Waals surface area contributed by atoms with Gasteiger partial charge in [0.1, 0.15) is 0 Å². The molecule has 104 valence electrons. The van der Waals surface area contributed by atoms with Gasteiger partial charge in [-0.1, -0.05) is 32.8 Å². The number of carbonyl (C=O) groups is 1. The summed E-state index contributed by atoms with van der Waals surface area (Å²) in [6.45, 7) is 3.52. The first kappa shape index (κ1) is 17.6. The van der Waals surface area contributed by atoms with E-state index >= 15 is 0 Å². The Labute approximate surface area is 147 Å². The number of carbonyl (C=O) groups excluding carboxylic acids is 1. The maximum Gasteiger partial charge on any atom is 0.228 e. The number of hydrogen-bond acceptors (Lipinski definition) is 3. The topological polar surface area (TPSA) is 47.3 Å². The molecule has 1 aromatic heterocycles. The van der Waals surface area contributed by atoms with Crippen LogP contribution < -0.4 is 5.63 Å². The quantitative estimate of drug-likeness (QED) is 0.447. The van der Waals surface area contributed by atoms with Crippen LogP contribution in [0, 0.1) is 68.0 Å². The van der Waals surface area contributed by atoms with E-state index in [0.29, 0.717) is 17.0 Å². The van der Waals surface area contributed by atoms with Crippen LogP contribution in [0.15, 0.2) is 21.4 Å². The second kappa shape index (κ2) is 8.11. The van der Waals surface area contributed by atoms with Gasteiger partial charge in [0.05, 0.1) is 0 Å². The Balaban J connectivity index is 0.00000200. The molecule has 1 fully saturated rings. The molecule has 1 heterocycles. The molecule has 0 saturated heterocycles. The molecule has 1 aromatic rings. The van der Waals surface area contributed by atoms with Crippen LogP contribution in [-0.4, -0.2) is 5.78 Å². The van der Waals surface area contributed by atoms with Crippen LogP contribution in [0.4, 0.5) is 0 Å². The third-order valence-electron chi connectivity index (χ3n) is 3.64. The number of hydrogen-bond donors (Lipinski definition) is 0. The zero-order chi connectivity index (χ0) is 13.8. The van der Waals surface area contributed by atoms with E-state index in [-0.39, 0.29) is 46.9 Å². The molecule has 0 aliphatic heterocycles. The minimum absolute atomic E-state index is 0. The van der Waals surface area contributed by atoms with Gasteiger partial charge in [-0.15, -0.1) is 11.1 Å². The summed E-state index contributed by atoms with van der Waals surface area (Å²) in [5.74, 6) is 0.0729. The Kier molecular flexibility index (Phi) is 7.14.